The van der Waals surface area contributed by atoms with Crippen molar-refractivity contribution >= 4 is 6.09 Å². The number of nitrogens with one attached hydrogen (secondary N) is 1. The van der Waals surface area contributed by atoms with Crippen LogP contribution in [0.3, 0.4) is 0 Å². The van der Waals surface area contributed by atoms with Crippen LogP contribution < -0.4 is 5.32 Å². The van der Waals surface area contributed by atoms with Crippen LogP contribution in [0.15, 0.2) is 0 Å². The molecule has 1 aliphatic rings. The molecule has 4 nitrogen and oxygen atoms in total. The molecule has 0 aliphatic carbocycles. The second kappa shape index (κ2) is 5.98. The summed E-state index contributed by atoms with van der Waals surface area (Å²) in [7, 11) is 0. The van der Waals surface area contributed by atoms with E-state index in [2.05, 4.69) is 0 Å². The van der Waals surface area contributed by atoms with Crippen LogP contribution in [-0.2, 0) is 4.74 Å². The standard InChI is InChI=1S/C12H21F3N2O2/c1-11(2,3)19-10(18)17-6-4-5-9(8-17)7-16-12(13,14)15/h9,16H,4-8H2,1-3H3/t9-/m0/s1. The van der Waals surface area contributed by atoms with Gasteiger partial charge in [-0.15, -0.1) is 0 Å². The van der Waals surface area contributed by atoms with E-state index in [1.807, 2.05) is 0 Å². The van der Waals surface area contributed by atoms with Gasteiger partial charge in [0.15, 0.2) is 0 Å². The van der Waals surface area contributed by atoms with Gasteiger partial charge in [-0.3, -0.25) is 0 Å². The van der Waals surface area contributed by atoms with Crippen molar-refractivity contribution in [2.24, 2.45) is 5.92 Å². The van der Waals surface area contributed by atoms with Gasteiger partial charge in [-0.05, 0) is 39.5 Å². The van der Waals surface area contributed by atoms with Crippen LogP contribution in [0.1, 0.15) is 33.6 Å². The van der Waals surface area contributed by atoms with E-state index in [-0.39, 0.29) is 12.5 Å². The zero-order valence-electron chi connectivity index (χ0n) is 11.5. The van der Waals surface area contributed by atoms with Gasteiger partial charge < -0.3 is 9.64 Å². The lowest BCUT2D eigenvalue weighted by Crippen LogP contribution is -2.46. The number of carbonyl (C=O) groups is 1. The third kappa shape index (κ3) is 6.66. The Morgan fingerprint density at radius 2 is 2.00 bits per heavy atom. The summed E-state index contributed by atoms with van der Waals surface area (Å²) in [4.78, 5) is 13.3. The lowest BCUT2D eigenvalue weighted by molar-refractivity contribution is -0.159. The highest BCUT2D eigenvalue weighted by Gasteiger charge is 2.31. The predicted octanol–water partition coefficient (Wildman–Crippen LogP) is 2.74. The Kier molecular flexibility index (Phi) is 5.06. The highest BCUT2D eigenvalue weighted by Crippen LogP contribution is 2.20. The zero-order chi connectivity index (χ0) is 14.7. The number of halogens is 3. The average molecular weight is 282 g/mol. The molecule has 1 heterocycles. The van der Waals surface area contributed by atoms with E-state index in [4.69, 9.17) is 4.74 Å². The molecule has 1 fully saturated rings. The Morgan fingerprint density at radius 3 is 2.53 bits per heavy atom. The molecule has 112 valence electrons. The van der Waals surface area contributed by atoms with Gasteiger partial charge in [0, 0.05) is 19.6 Å². The summed E-state index contributed by atoms with van der Waals surface area (Å²) in [6.45, 7) is 5.96. The normalized spacial score (nSPS) is 21.4. The minimum Gasteiger partial charge on any atom is -0.444 e. The largest absolute Gasteiger partial charge is 0.457 e. The first-order chi connectivity index (χ1) is 8.57. The maximum Gasteiger partial charge on any atom is 0.457 e. The fraction of sp³-hybridized carbons (Fsp3) is 0.917. The van der Waals surface area contributed by atoms with Gasteiger partial charge in [0.25, 0.3) is 0 Å². The van der Waals surface area contributed by atoms with Gasteiger partial charge in [0.2, 0.25) is 0 Å². The highest BCUT2D eigenvalue weighted by molar-refractivity contribution is 5.68. The Labute approximate surface area is 111 Å². The van der Waals surface area contributed by atoms with Gasteiger partial charge >= 0.3 is 12.4 Å². The molecule has 0 aromatic heterocycles. The number of hydrogen-bond donors (Lipinski definition) is 1. The number of likely N-dealkylation sites (tertiary alicyclic amines) is 1. The lowest BCUT2D eigenvalue weighted by atomic mass is 9.98. The van der Waals surface area contributed by atoms with Crippen LogP contribution >= 0.6 is 0 Å². The first kappa shape index (κ1) is 16.1. The summed E-state index contributed by atoms with van der Waals surface area (Å²) < 4.78 is 41.4. The number of piperidine rings is 1. The van der Waals surface area contributed by atoms with Gasteiger partial charge in [-0.1, -0.05) is 0 Å². The first-order valence-corrected chi connectivity index (χ1v) is 6.36. The second-order valence-corrected chi connectivity index (χ2v) is 5.81. The van der Waals surface area contributed by atoms with E-state index in [0.717, 1.165) is 0 Å². The summed E-state index contributed by atoms with van der Waals surface area (Å²) in [5, 5.41) is 1.52. The molecule has 1 atom stereocenters. The SMILES string of the molecule is CC(C)(C)OC(=O)N1CCC[C@@H](CNC(F)(F)F)C1. The molecule has 1 N–H and O–H groups in total. The van der Waals surface area contributed by atoms with Crippen molar-refractivity contribution in [1.29, 1.82) is 0 Å². The molecular weight excluding hydrogens is 261 g/mol. The van der Waals surface area contributed by atoms with E-state index in [0.29, 0.717) is 25.9 Å². The van der Waals surface area contributed by atoms with Crippen molar-refractivity contribution in [2.45, 2.75) is 45.5 Å². The van der Waals surface area contributed by atoms with Crippen molar-refractivity contribution in [1.82, 2.24) is 10.2 Å². The van der Waals surface area contributed by atoms with Crippen LogP contribution in [0.2, 0.25) is 0 Å². The number of amides is 1. The Hall–Kier alpha value is -0.980. The molecule has 19 heavy (non-hydrogen) atoms. The number of rotatable bonds is 2. The highest BCUT2D eigenvalue weighted by atomic mass is 19.4. The number of nitrogens with zero attached hydrogens (tertiary/aromatic N) is 1. The van der Waals surface area contributed by atoms with Crippen LogP contribution in [0.5, 0.6) is 0 Å². The first-order valence-electron chi connectivity index (χ1n) is 6.36. The molecule has 7 heteroatoms. The molecule has 0 aromatic carbocycles. The Morgan fingerprint density at radius 1 is 1.37 bits per heavy atom. The van der Waals surface area contributed by atoms with E-state index in [1.54, 1.807) is 20.8 Å². The maximum atomic E-state index is 12.1. The van der Waals surface area contributed by atoms with E-state index in [1.165, 1.54) is 10.2 Å². The van der Waals surface area contributed by atoms with Crippen LogP contribution in [0.25, 0.3) is 0 Å². The molecule has 1 amide bonds. The van der Waals surface area contributed by atoms with Crippen LogP contribution in [0.4, 0.5) is 18.0 Å². The molecule has 0 unspecified atom stereocenters. The molecule has 0 saturated carbocycles. The second-order valence-electron chi connectivity index (χ2n) is 5.81. The third-order valence-corrected chi connectivity index (χ3v) is 2.76. The molecule has 1 saturated heterocycles. The number of alkyl halides is 3. The van der Waals surface area contributed by atoms with Crippen molar-refractivity contribution in [3.8, 4) is 0 Å². The van der Waals surface area contributed by atoms with Gasteiger partial charge in [0.1, 0.15) is 5.60 Å². The van der Waals surface area contributed by atoms with Gasteiger partial charge in [-0.25, -0.2) is 10.1 Å². The van der Waals surface area contributed by atoms with Crippen LogP contribution in [-0.4, -0.2) is 42.5 Å². The monoisotopic (exact) mass is 282 g/mol. The number of ether oxygens (including phenoxy) is 1. The fourth-order valence-electron chi connectivity index (χ4n) is 1.98. The van der Waals surface area contributed by atoms with Crippen molar-refractivity contribution in [3.05, 3.63) is 0 Å². The molecule has 1 aliphatic heterocycles. The molecule has 0 bridgehead atoms. The van der Waals surface area contributed by atoms with Crippen molar-refractivity contribution in [2.75, 3.05) is 19.6 Å². The lowest BCUT2D eigenvalue weighted by Gasteiger charge is -2.34. The van der Waals surface area contributed by atoms with E-state index in [9.17, 15) is 18.0 Å². The molecule has 0 aromatic rings. The Balaban J connectivity index is 2.44. The maximum absolute atomic E-state index is 12.1. The summed E-state index contributed by atoms with van der Waals surface area (Å²) in [6.07, 6.45) is -3.44. The third-order valence-electron chi connectivity index (χ3n) is 2.76. The predicted molar refractivity (Wildman–Crippen MR) is 64.6 cm³/mol. The van der Waals surface area contributed by atoms with Crippen LogP contribution in [0, 0.1) is 5.92 Å². The zero-order valence-corrected chi connectivity index (χ0v) is 11.5. The van der Waals surface area contributed by atoms with E-state index < -0.39 is 18.0 Å². The molecule has 1 rings (SSSR count). The number of hydrogen-bond acceptors (Lipinski definition) is 3. The van der Waals surface area contributed by atoms with Crippen molar-refractivity contribution in [3.63, 3.8) is 0 Å². The minimum atomic E-state index is -4.37. The summed E-state index contributed by atoms with van der Waals surface area (Å²) in [6, 6.07) is 0. The topological polar surface area (TPSA) is 41.6 Å². The minimum absolute atomic E-state index is 0.164. The Bertz CT molecular complexity index is 313. The quantitative estimate of drug-likeness (QED) is 0.792. The van der Waals surface area contributed by atoms with Gasteiger partial charge in [0.05, 0.1) is 0 Å². The average Bonchev–Trinajstić information content (AvgIpc) is 2.23. The van der Waals surface area contributed by atoms with Gasteiger partial charge in [-0.2, -0.15) is 13.2 Å². The summed E-state index contributed by atoms with van der Waals surface area (Å²) >= 11 is 0. The molecule has 0 radical (unpaired) electrons. The molecular formula is C12H21F3N2O2. The van der Waals surface area contributed by atoms with E-state index >= 15 is 0 Å². The summed E-state index contributed by atoms with van der Waals surface area (Å²) in [5.74, 6) is -0.192. The summed E-state index contributed by atoms with van der Waals surface area (Å²) in [5.41, 5.74) is -0.589. The van der Waals surface area contributed by atoms with Crippen molar-refractivity contribution < 1.29 is 22.7 Å². The molecule has 0 spiro atoms. The number of carbonyl (C=O) groups excluding carboxylic acids is 1. The fourth-order valence-corrected chi connectivity index (χ4v) is 1.98. The smallest absolute Gasteiger partial charge is 0.444 e.